The molecule has 1 atom stereocenters. The van der Waals surface area contributed by atoms with Gasteiger partial charge in [0.1, 0.15) is 11.8 Å². The van der Waals surface area contributed by atoms with Gasteiger partial charge in [-0.1, -0.05) is 48.3 Å². The van der Waals surface area contributed by atoms with Gasteiger partial charge >= 0.3 is 0 Å². The predicted octanol–water partition coefficient (Wildman–Crippen LogP) is 4.93. The zero-order chi connectivity index (χ0) is 22.3. The van der Waals surface area contributed by atoms with Gasteiger partial charge in [-0.25, -0.2) is 0 Å². The summed E-state index contributed by atoms with van der Waals surface area (Å²) in [5, 5.41) is 3.68. The first-order chi connectivity index (χ1) is 14.2. The van der Waals surface area contributed by atoms with Gasteiger partial charge in [0.25, 0.3) is 5.91 Å². The maximum absolute atomic E-state index is 13.1. The highest BCUT2D eigenvalue weighted by molar-refractivity contribution is 6.42. The Morgan fingerprint density at radius 3 is 2.53 bits per heavy atom. The minimum Gasteiger partial charge on any atom is -0.483 e. The third-order valence-electron chi connectivity index (χ3n) is 4.96. The predicted molar refractivity (Wildman–Crippen MR) is 121 cm³/mol. The second-order valence-corrected chi connectivity index (χ2v) is 8.04. The molecule has 5 nitrogen and oxygen atoms in total. The lowest BCUT2D eigenvalue weighted by Crippen LogP contribution is -2.49. The van der Waals surface area contributed by atoms with E-state index >= 15 is 0 Å². The fourth-order valence-corrected chi connectivity index (χ4v) is 3.24. The normalized spacial score (nSPS) is 11.7. The molecule has 1 N–H and O–H groups in total. The van der Waals surface area contributed by atoms with Crippen LogP contribution in [0.4, 0.5) is 0 Å². The van der Waals surface area contributed by atoms with Crippen molar-refractivity contribution in [1.29, 1.82) is 0 Å². The van der Waals surface area contributed by atoms with Crippen LogP contribution >= 0.6 is 23.2 Å². The number of nitrogens with zero attached hydrogens (tertiary/aromatic N) is 1. The molecule has 0 heterocycles. The van der Waals surface area contributed by atoms with Crippen LogP contribution in [-0.4, -0.2) is 35.9 Å². The van der Waals surface area contributed by atoms with Crippen LogP contribution in [-0.2, 0) is 16.1 Å². The minimum atomic E-state index is -0.666. The molecule has 0 aliphatic heterocycles. The SMILES string of the molecule is CCCNC(=O)[C@@H](C)N(Cc1ccc(Cl)c(Cl)c1)C(=O)COc1cccc(C)c1C. The molecule has 0 spiro atoms. The molecule has 7 heteroatoms. The lowest BCUT2D eigenvalue weighted by molar-refractivity contribution is -0.142. The average Bonchev–Trinajstić information content (AvgIpc) is 2.73. The van der Waals surface area contributed by atoms with Crippen molar-refractivity contribution in [3.05, 3.63) is 63.1 Å². The maximum atomic E-state index is 13.1. The summed E-state index contributed by atoms with van der Waals surface area (Å²) in [5.74, 6) is 0.152. The molecule has 0 aliphatic carbocycles. The molecule has 0 unspecified atom stereocenters. The summed E-state index contributed by atoms with van der Waals surface area (Å²) in [4.78, 5) is 27.1. The van der Waals surface area contributed by atoms with Gasteiger partial charge in [-0.3, -0.25) is 9.59 Å². The number of ether oxygens (including phenoxy) is 1. The number of hydrogen-bond donors (Lipinski definition) is 1. The highest BCUT2D eigenvalue weighted by Crippen LogP contribution is 2.24. The van der Waals surface area contributed by atoms with Crippen molar-refractivity contribution < 1.29 is 14.3 Å². The number of aryl methyl sites for hydroxylation is 1. The lowest BCUT2D eigenvalue weighted by Gasteiger charge is -2.29. The van der Waals surface area contributed by atoms with Gasteiger partial charge in [0.15, 0.2) is 6.61 Å². The van der Waals surface area contributed by atoms with Gasteiger partial charge in [0.05, 0.1) is 10.0 Å². The first kappa shape index (κ1) is 24.0. The monoisotopic (exact) mass is 450 g/mol. The molecule has 0 bridgehead atoms. The molecule has 0 fully saturated rings. The van der Waals surface area contributed by atoms with Gasteiger partial charge < -0.3 is 15.0 Å². The van der Waals surface area contributed by atoms with E-state index in [-0.39, 0.29) is 25.0 Å². The second kappa shape index (κ2) is 11.2. The van der Waals surface area contributed by atoms with E-state index in [0.717, 1.165) is 23.1 Å². The van der Waals surface area contributed by atoms with Crippen LogP contribution in [0.3, 0.4) is 0 Å². The summed E-state index contributed by atoms with van der Waals surface area (Å²) < 4.78 is 5.78. The largest absolute Gasteiger partial charge is 0.483 e. The number of rotatable bonds is 9. The van der Waals surface area contributed by atoms with Crippen molar-refractivity contribution >= 4 is 35.0 Å². The Bertz CT molecular complexity index is 902. The van der Waals surface area contributed by atoms with E-state index in [1.165, 1.54) is 4.90 Å². The van der Waals surface area contributed by atoms with Crippen LogP contribution in [0.15, 0.2) is 36.4 Å². The fourth-order valence-electron chi connectivity index (χ4n) is 2.92. The minimum absolute atomic E-state index is 0.170. The van der Waals surface area contributed by atoms with Crippen LogP contribution in [0.5, 0.6) is 5.75 Å². The van der Waals surface area contributed by atoms with Crippen molar-refractivity contribution in [1.82, 2.24) is 10.2 Å². The van der Waals surface area contributed by atoms with Crippen LogP contribution in [0.25, 0.3) is 0 Å². The Morgan fingerprint density at radius 2 is 1.87 bits per heavy atom. The highest BCUT2D eigenvalue weighted by atomic mass is 35.5. The zero-order valence-electron chi connectivity index (χ0n) is 17.8. The van der Waals surface area contributed by atoms with E-state index in [9.17, 15) is 9.59 Å². The molecular weight excluding hydrogens is 423 g/mol. The van der Waals surface area contributed by atoms with Gasteiger partial charge in [-0.05, 0) is 62.1 Å². The topological polar surface area (TPSA) is 58.6 Å². The van der Waals surface area contributed by atoms with E-state index in [1.807, 2.05) is 39.0 Å². The standard InChI is InChI=1S/C23H28Cl2N2O3/c1-5-11-26-23(29)17(4)27(13-18-9-10-19(24)20(25)12-18)22(28)14-30-21-8-6-7-15(2)16(21)3/h6-10,12,17H,5,11,13-14H2,1-4H3,(H,26,29)/t17-/m1/s1. The van der Waals surface area contributed by atoms with Gasteiger partial charge in [0.2, 0.25) is 5.91 Å². The van der Waals surface area contributed by atoms with Gasteiger partial charge in [0, 0.05) is 13.1 Å². The van der Waals surface area contributed by atoms with E-state index in [0.29, 0.717) is 22.3 Å². The number of carbonyl (C=O) groups is 2. The van der Waals surface area contributed by atoms with E-state index in [2.05, 4.69) is 5.32 Å². The van der Waals surface area contributed by atoms with E-state index < -0.39 is 6.04 Å². The smallest absolute Gasteiger partial charge is 0.261 e. The summed E-state index contributed by atoms with van der Waals surface area (Å²) in [6.45, 7) is 8.21. The van der Waals surface area contributed by atoms with Crippen molar-refractivity contribution in [3.63, 3.8) is 0 Å². The number of nitrogens with one attached hydrogen (secondary N) is 1. The number of carbonyl (C=O) groups excluding carboxylic acids is 2. The van der Waals surface area contributed by atoms with Gasteiger partial charge in [-0.2, -0.15) is 0 Å². The molecule has 2 rings (SSSR count). The average molecular weight is 451 g/mol. The molecule has 0 saturated heterocycles. The summed E-state index contributed by atoms with van der Waals surface area (Å²) in [7, 11) is 0. The Labute approximate surface area is 188 Å². The fraction of sp³-hybridized carbons (Fsp3) is 0.391. The zero-order valence-corrected chi connectivity index (χ0v) is 19.3. The summed E-state index contributed by atoms with van der Waals surface area (Å²) in [6.07, 6.45) is 0.814. The molecule has 2 aromatic carbocycles. The molecular formula is C23H28Cl2N2O3. The molecule has 2 aromatic rings. The molecule has 0 radical (unpaired) electrons. The molecule has 0 aliphatic rings. The summed E-state index contributed by atoms with van der Waals surface area (Å²) in [6, 6.07) is 10.2. The van der Waals surface area contributed by atoms with Crippen molar-refractivity contribution in [2.45, 2.75) is 46.7 Å². The van der Waals surface area contributed by atoms with E-state index in [1.54, 1.807) is 25.1 Å². The molecule has 30 heavy (non-hydrogen) atoms. The number of hydrogen-bond acceptors (Lipinski definition) is 3. The Kier molecular flexibility index (Phi) is 9.00. The quantitative estimate of drug-likeness (QED) is 0.588. The summed E-state index contributed by atoms with van der Waals surface area (Å²) >= 11 is 12.1. The van der Waals surface area contributed by atoms with Crippen LogP contribution < -0.4 is 10.1 Å². The lowest BCUT2D eigenvalue weighted by atomic mass is 10.1. The van der Waals surface area contributed by atoms with Crippen molar-refractivity contribution in [2.24, 2.45) is 0 Å². The summed E-state index contributed by atoms with van der Waals surface area (Å²) in [5.41, 5.74) is 2.84. The third kappa shape index (κ3) is 6.38. The second-order valence-electron chi connectivity index (χ2n) is 7.22. The number of amides is 2. The first-order valence-corrected chi connectivity index (χ1v) is 10.7. The molecule has 2 amide bonds. The van der Waals surface area contributed by atoms with Crippen LogP contribution in [0, 0.1) is 13.8 Å². The molecule has 0 aromatic heterocycles. The van der Waals surface area contributed by atoms with Crippen LogP contribution in [0.1, 0.15) is 37.0 Å². The van der Waals surface area contributed by atoms with Crippen molar-refractivity contribution in [3.8, 4) is 5.75 Å². The van der Waals surface area contributed by atoms with E-state index in [4.69, 9.17) is 27.9 Å². The maximum Gasteiger partial charge on any atom is 0.261 e. The van der Waals surface area contributed by atoms with Gasteiger partial charge in [-0.15, -0.1) is 0 Å². The van der Waals surface area contributed by atoms with Crippen LogP contribution in [0.2, 0.25) is 10.0 Å². The Hall–Kier alpha value is -2.24. The highest BCUT2D eigenvalue weighted by Gasteiger charge is 2.26. The Balaban J connectivity index is 2.19. The number of benzene rings is 2. The Morgan fingerprint density at radius 1 is 1.13 bits per heavy atom. The molecule has 0 saturated carbocycles. The molecule has 162 valence electrons. The first-order valence-electron chi connectivity index (χ1n) is 9.94. The van der Waals surface area contributed by atoms with Crippen molar-refractivity contribution in [2.75, 3.05) is 13.2 Å². The number of halogens is 2. The third-order valence-corrected chi connectivity index (χ3v) is 5.70.